The summed E-state index contributed by atoms with van der Waals surface area (Å²) in [5.74, 6) is 0. The first-order valence-corrected chi connectivity index (χ1v) is 4.62. The summed E-state index contributed by atoms with van der Waals surface area (Å²) in [5, 5.41) is 3.26. The van der Waals surface area contributed by atoms with Gasteiger partial charge in [-0.15, -0.1) is 11.3 Å². The van der Waals surface area contributed by atoms with Crippen LogP contribution in [0.5, 0.6) is 0 Å². The number of thiophene rings is 1. The molecule has 0 saturated heterocycles. The zero-order valence-electron chi connectivity index (χ0n) is 5.89. The minimum atomic E-state index is 0.518. The van der Waals surface area contributed by atoms with Gasteiger partial charge in [-0.2, -0.15) is 0 Å². The van der Waals surface area contributed by atoms with Crippen LogP contribution in [0.15, 0.2) is 6.07 Å². The Labute approximate surface area is 74.4 Å². The Kier molecular flexibility index (Phi) is 1.67. The molecule has 2 nitrogen and oxygen atoms in total. The van der Waals surface area contributed by atoms with Crippen LogP contribution < -0.4 is 11.1 Å². The van der Waals surface area contributed by atoms with Crippen molar-refractivity contribution in [2.24, 2.45) is 5.73 Å². The lowest BCUT2D eigenvalue weighted by molar-refractivity contribution is 0.767. The fourth-order valence-corrected chi connectivity index (χ4v) is 2.39. The Bertz CT molecular complexity index is 282. The van der Waals surface area contributed by atoms with E-state index in [1.54, 1.807) is 11.3 Å². The predicted octanol–water partition coefficient (Wildman–Crippen LogP) is 0.986. The maximum absolute atomic E-state index is 5.50. The monoisotopic (exact) mass is 184 g/mol. The average molecular weight is 184 g/mol. The highest BCUT2D eigenvalue weighted by Crippen LogP contribution is 2.25. The van der Waals surface area contributed by atoms with E-state index < -0.39 is 0 Å². The summed E-state index contributed by atoms with van der Waals surface area (Å²) in [5.41, 5.74) is 6.86. The van der Waals surface area contributed by atoms with Gasteiger partial charge in [0.2, 0.25) is 0 Å². The molecule has 2 heterocycles. The molecular formula is C7H8N2S2. The molecule has 0 saturated carbocycles. The fraction of sp³-hybridized carbons (Fsp3) is 0.286. The van der Waals surface area contributed by atoms with Crippen LogP contribution in [0.4, 0.5) is 0 Å². The molecule has 1 aromatic heterocycles. The Balaban J connectivity index is 2.42. The predicted molar refractivity (Wildman–Crippen MR) is 50.8 cm³/mol. The van der Waals surface area contributed by atoms with E-state index in [2.05, 4.69) is 11.4 Å². The van der Waals surface area contributed by atoms with Crippen molar-refractivity contribution < 1.29 is 0 Å². The molecule has 4 heteroatoms. The molecule has 1 aromatic rings. The van der Waals surface area contributed by atoms with Crippen LogP contribution in [0, 0.1) is 0 Å². The van der Waals surface area contributed by atoms with Gasteiger partial charge in [0.25, 0.3) is 0 Å². The first-order valence-electron chi connectivity index (χ1n) is 3.39. The molecule has 0 aromatic carbocycles. The summed E-state index contributed by atoms with van der Waals surface area (Å²) >= 11 is 6.58. The van der Waals surface area contributed by atoms with Crippen molar-refractivity contribution in [2.75, 3.05) is 0 Å². The van der Waals surface area contributed by atoms with Gasteiger partial charge >= 0.3 is 0 Å². The summed E-state index contributed by atoms with van der Waals surface area (Å²) in [7, 11) is 0. The second kappa shape index (κ2) is 2.55. The summed E-state index contributed by atoms with van der Waals surface area (Å²) in [6.07, 6.45) is 0. The largest absolute Gasteiger partial charge is 0.389 e. The molecule has 1 aliphatic heterocycles. The third-order valence-electron chi connectivity index (χ3n) is 1.74. The SMILES string of the molecule is NC(=S)c1cc2c(s1)CNC2. The fourth-order valence-electron chi connectivity index (χ4n) is 1.20. The number of thiocarbonyl (C=S) groups is 1. The highest BCUT2D eigenvalue weighted by molar-refractivity contribution is 7.81. The Morgan fingerprint density at radius 3 is 3.09 bits per heavy atom. The van der Waals surface area contributed by atoms with Crippen molar-refractivity contribution in [2.45, 2.75) is 13.1 Å². The third kappa shape index (κ3) is 1.17. The summed E-state index contributed by atoms with van der Waals surface area (Å²) in [6, 6.07) is 2.09. The van der Waals surface area contributed by atoms with Crippen LogP contribution in [-0.4, -0.2) is 4.99 Å². The molecule has 0 aliphatic carbocycles. The topological polar surface area (TPSA) is 38.0 Å². The molecular weight excluding hydrogens is 176 g/mol. The van der Waals surface area contributed by atoms with Gasteiger partial charge < -0.3 is 11.1 Å². The van der Waals surface area contributed by atoms with Crippen molar-refractivity contribution in [1.82, 2.24) is 5.32 Å². The van der Waals surface area contributed by atoms with Crippen LogP contribution in [-0.2, 0) is 13.1 Å². The molecule has 0 fully saturated rings. The van der Waals surface area contributed by atoms with E-state index in [0.29, 0.717) is 4.99 Å². The van der Waals surface area contributed by atoms with E-state index in [9.17, 15) is 0 Å². The highest BCUT2D eigenvalue weighted by atomic mass is 32.1. The van der Waals surface area contributed by atoms with Crippen LogP contribution >= 0.6 is 23.6 Å². The van der Waals surface area contributed by atoms with Crippen molar-refractivity contribution in [1.29, 1.82) is 0 Å². The van der Waals surface area contributed by atoms with Crippen molar-refractivity contribution in [3.63, 3.8) is 0 Å². The quantitative estimate of drug-likeness (QED) is 0.639. The van der Waals surface area contributed by atoms with E-state index in [4.69, 9.17) is 18.0 Å². The first-order chi connectivity index (χ1) is 5.27. The molecule has 11 heavy (non-hydrogen) atoms. The molecule has 1 aliphatic rings. The minimum Gasteiger partial charge on any atom is -0.389 e. The van der Waals surface area contributed by atoms with Crippen molar-refractivity contribution in [3.8, 4) is 0 Å². The van der Waals surface area contributed by atoms with Gasteiger partial charge in [-0.1, -0.05) is 12.2 Å². The number of nitrogens with one attached hydrogen (secondary N) is 1. The van der Waals surface area contributed by atoms with Gasteiger partial charge in [-0.25, -0.2) is 0 Å². The molecule has 58 valence electrons. The van der Waals surface area contributed by atoms with E-state index in [1.165, 1.54) is 10.4 Å². The maximum atomic E-state index is 5.50. The molecule has 0 spiro atoms. The van der Waals surface area contributed by atoms with Gasteiger partial charge in [-0.3, -0.25) is 0 Å². The summed E-state index contributed by atoms with van der Waals surface area (Å²) in [6.45, 7) is 1.94. The Morgan fingerprint density at radius 1 is 1.64 bits per heavy atom. The third-order valence-corrected chi connectivity index (χ3v) is 3.30. The first kappa shape index (κ1) is 7.21. The molecule has 0 atom stereocenters. The van der Waals surface area contributed by atoms with E-state index in [0.717, 1.165) is 18.0 Å². The smallest absolute Gasteiger partial charge is 0.114 e. The highest BCUT2D eigenvalue weighted by Gasteiger charge is 2.14. The normalized spacial score (nSPS) is 14.9. The molecule has 0 unspecified atom stereocenters. The molecule has 0 bridgehead atoms. The van der Waals surface area contributed by atoms with Crippen molar-refractivity contribution in [3.05, 3.63) is 21.4 Å². The van der Waals surface area contributed by atoms with Crippen LogP contribution in [0.1, 0.15) is 15.3 Å². The Hall–Kier alpha value is -0.450. The van der Waals surface area contributed by atoms with Crippen LogP contribution in [0.3, 0.4) is 0 Å². The van der Waals surface area contributed by atoms with Crippen LogP contribution in [0.2, 0.25) is 0 Å². The molecule has 2 rings (SSSR count). The lowest BCUT2D eigenvalue weighted by atomic mass is 10.3. The second-order valence-electron chi connectivity index (χ2n) is 2.53. The van der Waals surface area contributed by atoms with Gasteiger partial charge in [-0.05, 0) is 11.6 Å². The molecule has 3 N–H and O–H groups in total. The van der Waals surface area contributed by atoms with Gasteiger partial charge in [0.1, 0.15) is 4.99 Å². The number of hydrogen-bond acceptors (Lipinski definition) is 3. The average Bonchev–Trinajstić information content (AvgIpc) is 2.40. The number of hydrogen-bond donors (Lipinski definition) is 2. The maximum Gasteiger partial charge on any atom is 0.114 e. The van der Waals surface area contributed by atoms with E-state index in [-0.39, 0.29) is 0 Å². The lowest BCUT2D eigenvalue weighted by Gasteiger charge is -1.90. The van der Waals surface area contributed by atoms with Crippen LogP contribution in [0.25, 0.3) is 0 Å². The Morgan fingerprint density at radius 2 is 2.45 bits per heavy atom. The van der Waals surface area contributed by atoms with Gasteiger partial charge in [0.05, 0.1) is 4.88 Å². The van der Waals surface area contributed by atoms with Gasteiger partial charge in [0.15, 0.2) is 0 Å². The second-order valence-corrected chi connectivity index (χ2v) is 4.10. The van der Waals surface area contributed by atoms with E-state index >= 15 is 0 Å². The van der Waals surface area contributed by atoms with E-state index in [1.807, 2.05) is 0 Å². The number of fused-ring (bicyclic) bond motifs is 1. The van der Waals surface area contributed by atoms with Crippen molar-refractivity contribution >= 4 is 28.5 Å². The zero-order chi connectivity index (χ0) is 7.84. The summed E-state index contributed by atoms with van der Waals surface area (Å²) in [4.78, 5) is 2.95. The van der Waals surface area contributed by atoms with Gasteiger partial charge in [0, 0.05) is 18.0 Å². The molecule has 0 amide bonds. The summed E-state index contributed by atoms with van der Waals surface area (Å²) < 4.78 is 0. The zero-order valence-corrected chi connectivity index (χ0v) is 7.52. The minimum absolute atomic E-state index is 0.518. The number of rotatable bonds is 1. The lowest BCUT2D eigenvalue weighted by Crippen LogP contribution is -2.07. The number of nitrogens with two attached hydrogens (primary N) is 1. The molecule has 0 radical (unpaired) electrons. The standard InChI is InChI=1S/C7H8N2S2/c8-7(10)5-1-4-2-9-3-6(4)11-5/h1,9H,2-3H2,(H2,8,10).